The molecule has 0 bridgehead atoms. The highest BCUT2D eigenvalue weighted by atomic mass is 79.9. The Bertz CT molecular complexity index is 1440. The van der Waals surface area contributed by atoms with Crippen molar-refractivity contribution in [2.45, 2.75) is 50.8 Å². The van der Waals surface area contributed by atoms with Gasteiger partial charge in [-0.1, -0.05) is 48.5 Å². The highest BCUT2D eigenvalue weighted by Gasteiger charge is 2.22. The number of benzene rings is 3. The van der Waals surface area contributed by atoms with E-state index in [2.05, 4.69) is 98.2 Å². The Morgan fingerprint density at radius 1 is 0.975 bits per heavy atom. The summed E-state index contributed by atoms with van der Waals surface area (Å²) in [7, 11) is 0. The lowest BCUT2D eigenvalue weighted by molar-refractivity contribution is -0.121. The third-order valence-electron chi connectivity index (χ3n) is 7.97. The van der Waals surface area contributed by atoms with Gasteiger partial charge in [0.2, 0.25) is 5.91 Å². The molecule has 2 aliphatic rings. The van der Waals surface area contributed by atoms with Crippen molar-refractivity contribution in [2.75, 3.05) is 26.2 Å². The SMILES string of the molecule is O=C(Cc1cc2c(-c3ccccc3)cccc2s1)NC1CCN(Cc2ccc(OC3CCNCC3)c(Br)c2)CC1. The maximum absolute atomic E-state index is 13.0. The minimum Gasteiger partial charge on any atom is -0.489 e. The highest BCUT2D eigenvalue weighted by Crippen LogP contribution is 2.34. The Hall–Kier alpha value is -2.71. The molecule has 2 saturated heterocycles. The standard InChI is InChI=1S/C33H36BrN3O2S/c34-30-19-23(9-10-31(30)39-26-11-15-35-16-12-26)22-37-17-13-25(14-18-37)36-33(38)21-27-20-29-28(7-4-8-32(29)40-27)24-5-2-1-3-6-24/h1-10,19-20,25-26,35H,11-18,21-22H2,(H,36,38). The lowest BCUT2D eigenvalue weighted by Crippen LogP contribution is -2.44. The van der Waals surface area contributed by atoms with Crippen molar-refractivity contribution >= 4 is 43.3 Å². The van der Waals surface area contributed by atoms with Crippen LogP contribution in [0.15, 0.2) is 77.3 Å². The molecular weight excluding hydrogens is 582 g/mol. The van der Waals surface area contributed by atoms with Crippen LogP contribution >= 0.6 is 27.3 Å². The monoisotopic (exact) mass is 617 g/mol. The van der Waals surface area contributed by atoms with Gasteiger partial charge in [-0.05, 0) is 95.7 Å². The molecule has 40 heavy (non-hydrogen) atoms. The number of hydrogen-bond donors (Lipinski definition) is 2. The summed E-state index contributed by atoms with van der Waals surface area (Å²) in [4.78, 5) is 16.6. The summed E-state index contributed by atoms with van der Waals surface area (Å²) in [5.74, 6) is 1.06. The van der Waals surface area contributed by atoms with Crippen LogP contribution in [-0.4, -0.2) is 49.1 Å². The molecule has 0 saturated carbocycles. The number of piperidine rings is 2. The summed E-state index contributed by atoms with van der Waals surface area (Å²) in [6.45, 7) is 4.94. The number of ether oxygens (including phenoxy) is 1. The van der Waals surface area contributed by atoms with Gasteiger partial charge in [-0.25, -0.2) is 0 Å². The minimum absolute atomic E-state index is 0.125. The van der Waals surface area contributed by atoms with E-state index in [0.717, 1.165) is 73.5 Å². The maximum Gasteiger partial charge on any atom is 0.225 e. The van der Waals surface area contributed by atoms with Crippen LogP contribution in [0.4, 0.5) is 0 Å². The summed E-state index contributed by atoms with van der Waals surface area (Å²) >= 11 is 5.45. The number of carbonyl (C=O) groups excluding carboxylic acids is 1. The van der Waals surface area contributed by atoms with Crippen molar-refractivity contribution in [2.24, 2.45) is 0 Å². The molecule has 1 aromatic heterocycles. The Morgan fingerprint density at radius 3 is 2.55 bits per heavy atom. The van der Waals surface area contributed by atoms with Crippen LogP contribution in [0, 0.1) is 0 Å². The van der Waals surface area contributed by atoms with Crippen molar-refractivity contribution in [3.63, 3.8) is 0 Å². The van der Waals surface area contributed by atoms with Crippen LogP contribution in [-0.2, 0) is 17.8 Å². The predicted octanol–water partition coefficient (Wildman–Crippen LogP) is 6.78. The van der Waals surface area contributed by atoms with Crippen molar-refractivity contribution in [1.29, 1.82) is 0 Å². The van der Waals surface area contributed by atoms with Crippen molar-refractivity contribution in [3.05, 3.63) is 87.7 Å². The first-order valence-electron chi connectivity index (χ1n) is 14.3. The number of fused-ring (bicyclic) bond motifs is 1. The van der Waals surface area contributed by atoms with Gasteiger partial charge in [0.25, 0.3) is 0 Å². The molecule has 5 nitrogen and oxygen atoms in total. The fourth-order valence-electron chi connectivity index (χ4n) is 5.83. The number of rotatable bonds is 8. The molecule has 2 fully saturated rings. The van der Waals surface area contributed by atoms with Crippen LogP contribution in [0.25, 0.3) is 21.2 Å². The van der Waals surface area contributed by atoms with E-state index in [9.17, 15) is 4.79 Å². The third kappa shape index (κ3) is 6.77. The van der Waals surface area contributed by atoms with Crippen LogP contribution in [0.5, 0.6) is 5.75 Å². The molecule has 7 heteroatoms. The van der Waals surface area contributed by atoms with Gasteiger partial charge < -0.3 is 15.4 Å². The van der Waals surface area contributed by atoms with Gasteiger partial charge >= 0.3 is 0 Å². The van der Waals surface area contributed by atoms with E-state index in [-0.39, 0.29) is 11.9 Å². The first kappa shape index (κ1) is 27.5. The zero-order chi connectivity index (χ0) is 27.3. The van der Waals surface area contributed by atoms with Gasteiger partial charge in [-0.3, -0.25) is 9.69 Å². The number of nitrogens with zero attached hydrogens (tertiary/aromatic N) is 1. The number of amides is 1. The van der Waals surface area contributed by atoms with E-state index in [1.807, 2.05) is 6.07 Å². The molecule has 0 spiro atoms. The maximum atomic E-state index is 13.0. The normalized spacial score (nSPS) is 17.2. The van der Waals surface area contributed by atoms with Gasteiger partial charge in [-0.2, -0.15) is 0 Å². The number of hydrogen-bond acceptors (Lipinski definition) is 5. The summed E-state index contributed by atoms with van der Waals surface area (Å²) in [5, 5.41) is 7.92. The molecule has 2 N–H and O–H groups in total. The fraction of sp³-hybridized carbons (Fsp3) is 0.364. The molecular formula is C33H36BrN3O2S. The second-order valence-electron chi connectivity index (χ2n) is 10.9. The molecule has 0 atom stereocenters. The Balaban J connectivity index is 0.988. The number of halogens is 1. The summed E-state index contributed by atoms with van der Waals surface area (Å²) < 4.78 is 8.49. The molecule has 0 radical (unpaired) electrons. The van der Waals surface area contributed by atoms with Crippen molar-refractivity contribution in [3.8, 4) is 16.9 Å². The predicted molar refractivity (Wildman–Crippen MR) is 168 cm³/mol. The number of nitrogens with one attached hydrogen (secondary N) is 2. The Labute approximate surface area is 249 Å². The first-order chi connectivity index (χ1) is 19.6. The smallest absolute Gasteiger partial charge is 0.225 e. The van der Waals surface area contributed by atoms with Gasteiger partial charge in [0.05, 0.1) is 10.9 Å². The molecule has 0 unspecified atom stereocenters. The quantitative estimate of drug-likeness (QED) is 0.229. The second-order valence-corrected chi connectivity index (χ2v) is 12.9. The third-order valence-corrected chi connectivity index (χ3v) is 9.69. The lowest BCUT2D eigenvalue weighted by Gasteiger charge is -2.32. The van der Waals surface area contributed by atoms with Gasteiger partial charge in [0, 0.05) is 40.6 Å². The van der Waals surface area contributed by atoms with E-state index >= 15 is 0 Å². The molecule has 208 valence electrons. The van der Waals surface area contributed by atoms with Crippen LogP contribution in [0.1, 0.15) is 36.1 Å². The summed E-state index contributed by atoms with van der Waals surface area (Å²) in [5.41, 5.74) is 3.72. The van der Waals surface area contributed by atoms with Crippen LogP contribution in [0.3, 0.4) is 0 Å². The summed E-state index contributed by atoms with van der Waals surface area (Å²) in [6, 6.07) is 25.8. The van der Waals surface area contributed by atoms with Crippen molar-refractivity contribution < 1.29 is 9.53 Å². The molecule has 2 aliphatic heterocycles. The highest BCUT2D eigenvalue weighted by molar-refractivity contribution is 9.10. The zero-order valence-electron chi connectivity index (χ0n) is 22.7. The number of thiophene rings is 1. The largest absolute Gasteiger partial charge is 0.489 e. The number of likely N-dealkylation sites (tertiary alicyclic amines) is 1. The molecule has 1 amide bonds. The lowest BCUT2D eigenvalue weighted by atomic mass is 10.0. The van der Waals surface area contributed by atoms with E-state index in [0.29, 0.717) is 12.5 Å². The zero-order valence-corrected chi connectivity index (χ0v) is 25.1. The molecule has 0 aliphatic carbocycles. The van der Waals surface area contributed by atoms with E-state index in [1.54, 1.807) is 11.3 Å². The number of carbonyl (C=O) groups is 1. The van der Waals surface area contributed by atoms with E-state index < -0.39 is 0 Å². The van der Waals surface area contributed by atoms with E-state index in [1.165, 1.54) is 26.8 Å². The Kier molecular flexibility index (Phi) is 8.83. The molecule has 6 rings (SSSR count). The van der Waals surface area contributed by atoms with Crippen LogP contribution in [0.2, 0.25) is 0 Å². The van der Waals surface area contributed by atoms with Crippen LogP contribution < -0.4 is 15.4 Å². The minimum atomic E-state index is 0.125. The molecule has 4 aromatic rings. The second kappa shape index (κ2) is 12.9. The summed E-state index contributed by atoms with van der Waals surface area (Å²) in [6.07, 6.45) is 4.80. The van der Waals surface area contributed by atoms with Gasteiger partial charge in [0.1, 0.15) is 11.9 Å². The average molecular weight is 619 g/mol. The molecule has 3 aromatic carbocycles. The topological polar surface area (TPSA) is 53.6 Å². The van der Waals surface area contributed by atoms with E-state index in [4.69, 9.17) is 4.74 Å². The van der Waals surface area contributed by atoms with Gasteiger partial charge in [-0.15, -0.1) is 11.3 Å². The Morgan fingerprint density at radius 2 is 1.77 bits per heavy atom. The fourth-order valence-corrected chi connectivity index (χ4v) is 7.44. The first-order valence-corrected chi connectivity index (χ1v) is 16.0. The molecule has 3 heterocycles. The average Bonchev–Trinajstić information content (AvgIpc) is 3.39. The van der Waals surface area contributed by atoms with Crippen molar-refractivity contribution in [1.82, 2.24) is 15.5 Å². The van der Waals surface area contributed by atoms with Gasteiger partial charge in [0.15, 0.2) is 0 Å².